The average molecular weight is 326 g/mol. The molecule has 3 heterocycles. The maximum absolute atomic E-state index is 12.2. The second-order valence-corrected chi connectivity index (χ2v) is 6.94. The lowest BCUT2D eigenvalue weighted by molar-refractivity contribution is 0.102. The number of nitrogens with one attached hydrogen (secondary N) is 1. The fraction of sp³-hybridized carbons (Fsp3) is 0.0667. The van der Waals surface area contributed by atoms with Crippen LogP contribution in [-0.4, -0.2) is 20.9 Å². The minimum absolute atomic E-state index is 0.210. The van der Waals surface area contributed by atoms with Crippen molar-refractivity contribution in [3.05, 3.63) is 47.2 Å². The molecule has 1 N–H and O–H groups in total. The number of benzene rings is 1. The van der Waals surface area contributed by atoms with Crippen molar-refractivity contribution < 1.29 is 4.79 Å². The number of amides is 1. The second-order valence-electron chi connectivity index (χ2n) is 4.71. The zero-order valence-corrected chi connectivity index (χ0v) is 13.2. The number of carbonyl (C=O) groups is 1. The minimum Gasteiger partial charge on any atom is -0.298 e. The van der Waals surface area contributed by atoms with Crippen LogP contribution in [0.4, 0.5) is 5.13 Å². The number of carbonyl (C=O) groups excluding carboxylic acids is 1. The van der Waals surface area contributed by atoms with Crippen molar-refractivity contribution >= 4 is 54.1 Å². The van der Waals surface area contributed by atoms with E-state index < -0.39 is 0 Å². The van der Waals surface area contributed by atoms with Crippen LogP contribution in [0.5, 0.6) is 0 Å². The first-order chi connectivity index (χ1) is 10.7. The van der Waals surface area contributed by atoms with Gasteiger partial charge in [0.25, 0.3) is 5.91 Å². The normalized spacial score (nSPS) is 11.1. The van der Waals surface area contributed by atoms with Gasteiger partial charge in [-0.15, -0.1) is 11.3 Å². The molecule has 0 saturated heterocycles. The predicted molar refractivity (Wildman–Crippen MR) is 89.7 cm³/mol. The summed E-state index contributed by atoms with van der Waals surface area (Å²) in [5.74, 6) is -0.210. The second kappa shape index (κ2) is 5.11. The monoisotopic (exact) mass is 326 g/mol. The van der Waals surface area contributed by atoms with Gasteiger partial charge in [-0.05, 0) is 31.2 Å². The maximum atomic E-state index is 12.2. The van der Waals surface area contributed by atoms with Crippen LogP contribution in [0.1, 0.15) is 15.4 Å². The van der Waals surface area contributed by atoms with E-state index in [2.05, 4.69) is 20.3 Å². The van der Waals surface area contributed by atoms with Crippen molar-refractivity contribution in [1.29, 1.82) is 0 Å². The Balaban J connectivity index is 1.73. The highest BCUT2D eigenvalue weighted by molar-refractivity contribution is 7.24. The molecular weight excluding hydrogens is 316 g/mol. The van der Waals surface area contributed by atoms with Gasteiger partial charge in [-0.2, -0.15) is 0 Å². The number of nitrogens with zero attached hydrogens (tertiary/aromatic N) is 3. The summed E-state index contributed by atoms with van der Waals surface area (Å²) in [6.07, 6.45) is 3.17. The summed E-state index contributed by atoms with van der Waals surface area (Å²) in [4.78, 5) is 25.1. The van der Waals surface area contributed by atoms with Crippen LogP contribution in [0, 0.1) is 6.92 Å². The lowest BCUT2D eigenvalue weighted by Crippen LogP contribution is -2.11. The lowest BCUT2D eigenvalue weighted by Gasteiger charge is -1.99. The van der Waals surface area contributed by atoms with Gasteiger partial charge in [-0.3, -0.25) is 15.1 Å². The largest absolute Gasteiger partial charge is 0.298 e. The summed E-state index contributed by atoms with van der Waals surface area (Å²) in [6.45, 7) is 1.99. The molecule has 0 spiro atoms. The van der Waals surface area contributed by atoms with Crippen LogP contribution >= 0.6 is 22.7 Å². The molecule has 5 nitrogen and oxygen atoms in total. The summed E-state index contributed by atoms with van der Waals surface area (Å²) in [6, 6.07) is 7.44. The first kappa shape index (κ1) is 13.3. The van der Waals surface area contributed by atoms with Gasteiger partial charge in [0.2, 0.25) is 0 Å². The summed E-state index contributed by atoms with van der Waals surface area (Å²) < 4.78 is 2.14. The lowest BCUT2D eigenvalue weighted by atomic mass is 10.3. The molecule has 4 rings (SSSR count). The summed E-state index contributed by atoms with van der Waals surface area (Å²) in [5.41, 5.74) is 2.32. The Morgan fingerprint density at radius 1 is 1.18 bits per heavy atom. The Morgan fingerprint density at radius 3 is 2.91 bits per heavy atom. The van der Waals surface area contributed by atoms with Crippen LogP contribution in [0.15, 0.2) is 36.7 Å². The number of anilines is 1. The highest BCUT2D eigenvalue weighted by atomic mass is 32.1. The highest BCUT2D eigenvalue weighted by Gasteiger charge is 2.13. The van der Waals surface area contributed by atoms with E-state index in [1.165, 1.54) is 17.5 Å². The van der Waals surface area contributed by atoms with E-state index in [-0.39, 0.29) is 5.91 Å². The van der Waals surface area contributed by atoms with E-state index in [0.29, 0.717) is 10.7 Å². The van der Waals surface area contributed by atoms with E-state index >= 15 is 0 Å². The average Bonchev–Trinajstić information content (AvgIpc) is 3.09. The number of thiazole rings is 2. The quantitative estimate of drug-likeness (QED) is 0.607. The van der Waals surface area contributed by atoms with Crippen LogP contribution < -0.4 is 5.32 Å². The third kappa shape index (κ3) is 2.24. The molecule has 0 aliphatic carbocycles. The summed E-state index contributed by atoms with van der Waals surface area (Å²) in [7, 11) is 0. The van der Waals surface area contributed by atoms with Crippen molar-refractivity contribution in [1.82, 2.24) is 15.0 Å². The third-order valence-corrected chi connectivity index (χ3v) is 5.09. The molecular formula is C15H10N4OS2. The molecule has 0 saturated carbocycles. The number of hydrogen-bond acceptors (Lipinski definition) is 6. The van der Waals surface area contributed by atoms with Crippen molar-refractivity contribution in [3.8, 4) is 0 Å². The minimum atomic E-state index is -0.210. The van der Waals surface area contributed by atoms with Crippen molar-refractivity contribution in [2.24, 2.45) is 0 Å². The van der Waals surface area contributed by atoms with Gasteiger partial charge in [0.1, 0.15) is 5.52 Å². The fourth-order valence-corrected chi connectivity index (χ4v) is 4.06. The molecule has 108 valence electrons. The Kier molecular flexibility index (Phi) is 3.09. The standard InChI is InChI=1S/C15H10N4OS2/c1-8-17-12-11(21-8)5-4-10-13(12)22-15(18-10)19-14(20)9-3-2-6-16-7-9/h2-7H,1H3,(H,18,19,20). The number of aromatic nitrogens is 3. The van der Waals surface area contributed by atoms with Gasteiger partial charge in [-0.1, -0.05) is 11.3 Å². The molecule has 0 aliphatic rings. The molecule has 0 aliphatic heterocycles. The van der Waals surface area contributed by atoms with Crippen molar-refractivity contribution in [2.75, 3.05) is 5.32 Å². The summed E-state index contributed by atoms with van der Waals surface area (Å²) >= 11 is 3.10. The van der Waals surface area contributed by atoms with E-state index in [1.807, 2.05) is 19.1 Å². The zero-order valence-electron chi connectivity index (χ0n) is 11.5. The van der Waals surface area contributed by atoms with Crippen LogP contribution in [0.25, 0.3) is 20.4 Å². The topological polar surface area (TPSA) is 67.8 Å². The Bertz CT molecular complexity index is 991. The van der Waals surface area contributed by atoms with E-state index in [0.717, 1.165) is 25.4 Å². The van der Waals surface area contributed by atoms with Gasteiger partial charge < -0.3 is 0 Å². The number of aryl methyl sites for hydroxylation is 1. The fourth-order valence-electron chi connectivity index (χ4n) is 2.21. The SMILES string of the molecule is Cc1nc2c(ccc3nc(NC(=O)c4cccnc4)sc32)s1. The molecule has 1 amide bonds. The van der Waals surface area contributed by atoms with Crippen LogP contribution in [-0.2, 0) is 0 Å². The van der Waals surface area contributed by atoms with Gasteiger partial charge in [0, 0.05) is 12.4 Å². The first-order valence-electron chi connectivity index (χ1n) is 6.59. The predicted octanol–water partition coefficient (Wildman–Crippen LogP) is 3.86. The molecule has 0 bridgehead atoms. The van der Waals surface area contributed by atoms with E-state index in [1.54, 1.807) is 29.7 Å². The molecule has 1 aromatic carbocycles. The smallest absolute Gasteiger partial charge is 0.259 e. The number of fused-ring (bicyclic) bond motifs is 3. The molecule has 7 heteroatoms. The molecule has 0 atom stereocenters. The van der Waals surface area contributed by atoms with Crippen LogP contribution in [0.3, 0.4) is 0 Å². The van der Waals surface area contributed by atoms with Gasteiger partial charge in [-0.25, -0.2) is 9.97 Å². The molecule has 0 unspecified atom stereocenters. The first-order valence-corrected chi connectivity index (χ1v) is 8.22. The number of pyridine rings is 1. The number of rotatable bonds is 2. The highest BCUT2D eigenvalue weighted by Crippen LogP contribution is 2.34. The zero-order chi connectivity index (χ0) is 15.1. The Labute approximate surface area is 133 Å². The number of hydrogen-bond donors (Lipinski definition) is 1. The van der Waals surface area contributed by atoms with Crippen LogP contribution in [0.2, 0.25) is 0 Å². The molecule has 0 radical (unpaired) electrons. The molecule has 22 heavy (non-hydrogen) atoms. The van der Waals surface area contributed by atoms with E-state index in [9.17, 15) is 4.79 Å². The third-order valence-electron chi connectivity index (χ3n) is 3.17. The maximum Gasteiger partial charge on any atom is 0.259 e. The van der Waals surface area contributed by atoms with Gasteiger partial charge >= 0.3 is 0 Å². The van der Waals surface area contributed by atoms with Gasteiger partial charge in [0.15, 0.2) is 5.13 Å². The summed E-state index contributed by atoms with van der Waals surface area (Å²) in [5, 5.41) is 4.42. The van der Waals surface area contributed by atoms with Crippen molar-refractivity contribution in [3.63, 3.8) is 0 Å². The van der Waals surface area contributed by atoms with Crippen molar-refractivity contribution in [2.45, 2.75) is 6.92 Å². The van der Waals surface area contributed by atoms with E-state index in [4.69, 9.17) is 0 Å². The molecule has 0 fully saturated rings. The molecule has 4 aromatic rings. The Hall–Kier alpha value is -2.38. The Morgan fingerprint density at radius 2 is 2.09 bits per heavy atom. The van der Waals surface area contributed by atoms with Gasteiger partial charge in [0.05, 0.1) is 25.5 Å². The molecule has 3 aromatic heterocycles.